The van der Waals surface area contributed by atoms with Gasteiger partial charge in [-0.2, -0.15) is 0 Å². The summed E-state index contributed by atoms with van der Waals surface area (Å²) in [5.74, 6) is 0. The summed E-state index contributed by atoms with van der Waals surface area (Å²) in [5, 5.41) is 0. The Hall–Kier alpha value is -1.04. The Bertz CT molecular complexity index is 270. The van der Waals surface area contributed by atoms with Crippen LogP contribution in [0.1, 0.15) is 52.4 Å². The largest absolute Gasteiger partial charge is 0.0913 e. The van der Waals surface area contributed by atoms with E-state index in [4.69, 9.17) is 0 Å². The summed E-state index contributed by atoms with van der Waals surface area (Å²) in [5.41, 5.74) is 3.33. The molecule has 0 saturated carbocycles. The fourth-order valence-electron chi connectivity index (χ4n) is 2.12. The molecule has 0 amide bonds. The van der Waals surface area contributed by atoms with E-state index in [2.05, 4.69) is 50.3 Å². The van der Waals surface area contributed by atoms with Crippen LogP contribution in [0, 0.1) is 0 Å². The summed E-state index contributed by atoms with van der Waals surface area (Å²) in [7, 11) is 0. The zero-order valence-electron chi connectivity index (χ0n) is 10.7. The molecular formula is C16H24. The lowest BCUT2D eigenvalue weighted by molar-refractivity contribution is 0.822. The van der Waals surface area contributed by atoms with Gasteiger partial charge in [0.05, 0.1) is 0 Å². The van der Waals surface area contributed by atoms with Crippen molar-refractivity contribution in [2.75, 3.05) is 0 Å². The van der Waals surface area contributed by atoms with E-state index in [0.29, 0.717) is 0 Å². The Morgan fingerprint density at radius 2 is 1.31 bits per heavy atom. The van der Waals surface area contributed by atoms with Crippen molar-refractivity contribution in [1.82, 2.24) is 0 Å². The van der Waals surface area contributed by atoms with Gasteiger partial charge in [0, 0.05) is 0 Å². The highest BCUT2D eigenvalue weighted by molar-refractivity contribution is 5.22. The molecule has 0 aromatic carbocycles. The fourth-order valence-corrected chi connectivity index (χ4v) is 2.12. The van der Waals surface area contributed by atoms with Gasteiger partial charge in [0.25, 0.3) is 0 Å². The van der Waals surface area contributed by atoms with E-state index in [-0.39, 0.29) is 0 Å². The molecule has 0 N–H and O–H groups in total. The molecule has 0 saturated heterocycles. The van der Waals surface area contributed by atoms with Crippen LogP contribution in [-0.2, 0) is 0 Å². The predicted octanol–water partition coefficient (Wildman–Crippen LogP) is 5.35. The van der Waals surface area contributed by atoms with Crippen LogP contribution in [0.3, 0.4) is 0 Å². The quantitative estimate of drug-likeness (QED) is 0.556. The monoisotopic (exact) mass is 216 g/mol. The average Bonchev–Trinajstić information content (AvgIpc) is 2.27. The first-order valence-electron chi connectivity index (χ1n) is 6.45. The van der Waals surface area contributed by atoms with Crippen molar-refractivity contribution in [2.24, 2.45) is 0 Å². The van der Waals surface area contributed by atoms with Gasteiger partial charge in [-0.15, -0.1) is 0 Å². The molecule has 1 aliphatic rings. The van der Waals surface area contributed by atoms with Crippen molar-refractivity contribution in [3.05, 3.63) is 47.6 Å². The summed E-state index contributed by atoms with van der Waals surface area (Å²) in [6.45, 7) is 4.21. The van der Waals surface area contributed by atoms with E-state index in [9.17, 15) is 0 Å². The lowest BCUT2D eigenvalue weighted by Gasteiger charge is -2.14. The molecule has 0 aromatic rings. The van der Waals surface area contributed by atoms with E-state index in [0.717, 1.165) is 12.8 Å². The molecule has 88 valence electrons. The molecule has 0 fully saturated rings. The minimum atomic E-state index is 1.15. The third-order valence-corrected chi connectivity index (χ3v) is 3.09. The van der Waals surface area contributed by atoms with Crippen LogP contribution in [0.25, 0.3) is 0 Å². The highest BCUT2D eigenvalue weighted by atomic mass is 14.1. The lowest BCUT2D eigenvalue weighted by Crippen LogP contribution is -1.94. The van der Waals surface area contributed by atoms with Gasteiger partial charge in [-0.25, -0.2) is 0 Å². The number of allylic oxidation sites excluding steroid dienone is 8. The van der Waals surface area contributed by atoms with Gasteiger partial charge in [-0.3, -0.25) is 0 Å². The maximum absolute atomic E-state index is 2.34. The molecule has 0 atom stereocenters. The molecule has 0 radical (unpaired) electrons. The SMILES string of the molecule is CC=CC/C1=C(\CC=CC)CC/C=C\CC1. The fraction of sp³-hybridized carbons (Fsp3) is 0.500. The summed E-state index contributed by atoms with van der Waals surface area (Å²) in [4.78, 5) is 0. The molecule has 0 aliphatic heterocycles. The van der Waals surface area contributed by atoms with E-state index >= 15 is 0 Å². The van der Waals surface area contributed by atoms with Gasteiger partial charge in [0.15, 0.2) is 0 Å². The van der Waals surface area contributed by atoms with Crippen molar-refractivity contribution >= 4 is 0 Å². The smallest absolute Gasteiger partial charge is 0.0136 e. The van der Waals surface area contributed by atoms with Gasteiger partial charge in [0.1, 0.15) is 0 Å². The zero-order chi connectivity index (χ0) is 11.6. The maximum Gasteiger partial charge on any atom is -0.0136 e. The second-order valence-electron chi connectivity index (χ2n) is 4.30. The Labute approximate surface area is 100 Å². The minimum Gasteiger partial charge on any atom is -0.0913 e. The van der Waals surface area contributed by atoms with E-state index < -0.39 is 0 Å². The standard InChI is InChI=1S/C16H24/c1-3-5-11-15-13-9-7-8-10-14-16(15)12-6-4-2/h3-8H,9-14H2,1-2H3/b5-3?,6-4?,8-7-,16-15-. The number of rotatable bonds is 4. The van der Waals surface area contributed by atoms with E-state index in [1.54, 1.807) is 11.1 Å². The topological polar surface area (TPSA) is 0 Å². The molecule has 0 aromatic heterocycles. The highest BCUT2D eigenvalue weighted by Crippen LogP contribution is 2.25. The van der Waals surface area contributed by atoms with E-state index in [1.807, 2.05) is 0 Å². The molecule has 0 bridgehead atoms. The van der Waals surface area contributed by atoms with Crippen LogP contribution in [0.15, 0.2) is 47.6 Å². The molecule has 1 aliphatic carbocycles. The average molecular weight is 216 g/mol. The molecule has 0 nitrogen and oxygen atoms in total. The summed E-state index contributed by atoms with van der Waals surface area (Å²) >= 11 is 0. The van der Waals surface area contributed by atoms with Crippen LogP contribution >= 0.6 is 0 Å². The molecule has 0 spiro atoms. The second-order valence-corrected chi connectivity index (χ2v) is 4.30. The van der Waals surface area contributed by atoms with Crippen LogP contribution in [-0.4, -0.2) is 0 Å². The van der Waals surface area contributed by atoms with Gasteiger partial charge in [0.2, 0.25) is 0 Å². The molecule has 1 rings (SSSR count). The van der Waals surface area contributed by atoms with Gasteiger partial charge >= 0.3 is 0 Å². The molecule has 16 heavy (non-hydrogen) atoms. The van der Waals surface area contributed by atoms with Crippen molar-refractivity contribution in [1.29, 1.82) is 0 Å². The van der Waals surface area contributed by atoms with Crippen LogP contribution in [0.4, 0.5) is 0 Å². The van der Waals surface area contributed by atoms with Crippen molar-refractivity contribution < 1.29 is 0 Å². The van der Waals surface area contributed by atoms with Gasteiger partial charge in [-0.05, 0) is 52.4 Å². The molecule has 0 unspecified atom stereocenters. The van der Waals surface area contributed by atoms with Crippen molar-refractivity contribution in [2.45, 2.75) is 52.4 Å². The Balaban J connectivity index is 2.75. The Kier molecular flexibility index (Phi) is 6.64. The first-order chi connectivity index (χ1) is 7.88. The third kappa shape index (κ3) is 4.65. The number of hydrogen-bond donors (Lipinski definition) is 0. The van der Waals surface area contributed by atoms with Crippen LogP contribution < -0.4 is 0 Å². The van der Waals surface area contributed by atoms with Crippen LogP contribution in [0.5, 0.6) is 0 Å². The number of hydrogen-bond acceptors (Lipinski definition) is 0. The first kappa shape index (κ1) is 13.0. The van der Waals surface area contributed by atoms with E-state index in [1.165, 1.54) is 25.7 Å². The Morgan fingerprint density at radius 3 is 1.69 bits per heavy atom. The first-order valence-corrected chi connectivity index (χ1v) is 6.45. The summed E-state index contributed by atoms with van der Waals surface area (Å²) in [6.07, 6.45) is 20.8. The molecule has 0 heterocycles. The third-order valence-electron chi connectivity index (χ3n) is 3.09. The Morgan fingerprint density at radius 1 is 0.875 bits per heavy atom. The molecule has 0 heteroatoms. The second kappa shape index (κ2) is 8.15. The lowest BCUT2D eigenvalue weighted by atomic mass is 9.92. The van der Waals surface area contributed by atoms with Crippen LogP contribution in [0.2, 0.25) is 0 Å². The summed E-state index contributed by atoms with van der Waals surface area (Å²) in [6, 6.07) is 0. The van der Waals surface area contributed by atoms with Gasteiger partial charge in [-0.1, -0.05) is 47.6 Å². The molecular weight excluding hydrogens is 192 g/mol. The van der Waals surface area contributed by atoms with Gasteiger partial charge < -0.3 is 0 Å². The highest BCUT2D eigenvalue weighted by Gasteiger charge is 2.05. The maximum atomic E-state index is 2.34. The zero-order valence-corrected chi connectivity index (χ0v) is 10.7. The minimum absolute atomic E-state index is 1.15. The predicted molar refractivity (Wildman–Crippen MR) is 73.5 cm³/mol. The normalized spacial score (nSPS) is 24.9. The van der Waals surface area contributed by atoms with Crippen molar-refractivity contribution in [3.8, 4) is 0 Å². The summed E-state index contributed by atoms with van der Waals surface area (Å²) < 4.78 is 0. The van der Waals surface area contributed by atoms with Crippen molar-refractivity contribution in [3.63, 3.8) is 0 Å².